The second-order valence-corrected chi connectivity index (χ2v) is 5.21. The average molecular weight is 217 g/mol. The predicted octanol–water partition coefficient (Wildman–Crippen LogP) is 1.68. The molecular formula is C10H19NO2S. The maximum atomic E-state index is 11.2. The molecule has 0 amide bonds. The lowest BCUT2D eigenvalue weighted by atomic mass is 9.95. The summed E-state index contributed by atoms with van der Waals surface area (Å²) in [5.41, 5.74) is -0.699. The fourth-order valence-corrected chi connectivity index (χ4v) is 3.05. The van der Waals surface area contributed by atoms with Gasteiger partial charge in [-0.15, -0.1) is 0 Å². The van der Waals surface area contributed by atoms with Crippen LogP contribution in [0.5, 0.6) is 0 Å². The molecule has 4 heteroatoms. The van der Waals surface area contributed by atoms with Crippen molar-refractivity contribution in [3.05, 3.63) is 0 Å². The zero-order chi connectivity index (χ0) is 10.8. The molecule has 82 valence electrons. The first-order valence-corrected chi connectivity index (χ1v) is 6.22. The molecule has 0 saturated carbocycles. The lowest BCUT2D eigenvalue weighted by Gasteiger charge is -2.38. The number of carbonyl (C=O) groups is 1. The second kappa shape index (κ2) is 4.53. The van der Waals surface area contributed by atoms with Crippen molar-refractivity contribution in [2.45, 2.75) is 38.3 Å². The monoisotopic (exact) mass is 217 g/mol. The molecule has 1 fully saturated rings. The molecule has 0 spiro atoms. The van der Waals surface area contributed by atoms with E-state index in [2.05, 4.69) is 0 Å². The van der Waals surface area contributed by atoms with Crippen molar-refractivity contribution in [1.82, 2.24) is 4.90 Å². The number of nitrogens with zero attached hydrogens (tertiary/aromatic N) is 1. The van der Waals surface area contributed by atoms with Gasteiger partial charge in [-0.3, -0.25) is 9.69 Å². The normalized spacial score (nSPS) is 26.4. The third kappa shape index (κ3) is 2.06. The Morgan fingerprint density at radius 2 is 2.36 bits per heavy atom. The summed E-state index contributed by atoms with van der Waals surface area (Å²) in [5, 5.41) is 9.21. The van der Waals surface area contributed by atoms with E-state index in [1.54, 1.807) is 0 Å². The summed E-state index contributed by atoms with van der Waals surface area (Å²) in [6.07, 6.45) is 1.77. The number of rotatable bonds is 4. The molecule has 2 atom stereocenters. The maximum absolute atomic E-state index is 11.2. The molecule has 1 aliphatic heterocycles. The fourth-order valence-electron chi connectivity index (χ4n) is 1.78. The van der Waals surface area contributed by atoms with Crippen LogP contribution in [-0.4, -0.2) is 46.1 Å². The van der Waals surface area contributed by atoms with Crippen LogP contribution < -0.4 is 0 Å². The highest BCUT2D eigenvalue weighted by Gasteiger charge is 2.39. The highest BCUT2D eigenvalue weighted by atomic mass is 32.2. The summed E-state index contributed by atoms with van der Waals surface area (Å²) < 4.78 is 0. The van der Waals surface area contributed by atoms with E-state index < -0.39 is 11.5 Å². The molecule has 0 aromatic rings. The van der Waals surface area contributed by atoms with Gasteiger partial charge in [0.25, 0.3) is 0 Å². The van der Waals surface area contributed by atoms with E-state index in [0.29, 0.717) is 12.5 Å². The Labute approximate surface area is 89.9 Å². The molecule has 1 N–H and O–H groups in total. The van der Waals surface area contributed by atoms with Gasteiger partial charge in [0.2, 0.25) is 0 Å². The molecule has 1 aliphatic rings. The lowest BCUT2D eigenvalue weighted by molar-refractivity contribution is -0.151. The van der Waals surface area contributed by atoms with Gasteiger partial charge in [0, 0.05) is 11.8 Å². The summed E-state index contributed by atoms with van der Waals surface area (Å²) in [4.78, 5) is 13.2. The summed E-state index contributed by atoms with van der Waals surface area (Å²) >= 11 is 1.91. The van der Waals surface area contributed by atoms with Gasteiger partial charge in [-0.05, 0) is 32.6 Å². The van der Waals surface area contributed by atoms with Crippen LogP contribution in [0.25, 0.3) is 0 Å². The highest BCUT2D eigenvalue weighted by Crippen LogP contribution is 2.28. The Hall–Kier alpha value is -0.220. The smallest absolute Gasteiger partial charge is 0.323 e. The Kier molecular flexibility index (Phi) is 3.84. The molecule has 1 rings (SSSR count). The number of thioether (sulfide) groups is 1. The molecule has 1 saturated heterocycles. The van der Waals surface area contributed by atoms with Gasteiger partial charge in [0.05, 0.1) is 0 Å². The van der Waals surface area contributed by atoms with E-state index in [0.717, 1.165) is 17.9 Å². The molecular weight excluding hydrogens is 198 g/mol. The summed E-state index contributed by atoms with van der Waals surface area (Å²) in [6.45, 7) is 3.75. The Bertz CT molecular complexity index is 216. The number of carboxylic acids is 1. The van der Waals surface area contributed by atoms with Crippen molar-refractivity contribution in [2.75, 3.05) is 18.6 Å². The fraction of sp³-hybridized carbons (Fsp3) is 0.900. The Balaban J connectivity index is 2.72. The van der Waals surface area contributed by atoms with E-state index in [1.165, 1.54) is 0 Å². The van der Waals surface area contributed by atoms with Gasteiger partial charge in [-0.2, -0.15) is 11.8 Å². The van der Waals surface area contributed by atoms with Crippen LogP contribution >= 0.6 is 11.8 Å². The van der Waals surface area contributed by atoms with Crippen molar-refractivity contribution < 1.29 is 9.90 Å². The standard InChI is InChI=1S/C10H19NO2S/c1-4-10(2,9(12)13)11(3)8-5-6-14-7-8/h8H,4-7H2,1-3H3,(H,12,13). The maximum Gasteiger partial charge on any atom is 0.323 e. The second-order valence-electron chi connectivity index (χ2n) is 4.06. The Morgan fingerprint density at radius 1 is 1.71 bits per heavy atom. The van der Waals surface area contributed by atoms with Crippen molar-refractivity contribution in [2.24, 2.45) is 0 Å². The van der Waals surface area contributed by atoms with Gasteiger partial charge in [0.15, 0.2) is 0 Å². The number of carboxylic acid groups (broad SMARTS) is 1. The zero-order valence-corrected chi connectivity index (χ0v) is 9.93. The van der Waals surface area contributed by atoms with Gasteiger partial charge in [-0.1, -0.05) is 6.92 Å². The van der Waals surface area contributed by atoms with E-state index in [9.17, 15) is 9.90 Å². The summed E-state index contributed by atoms with van der Waals surface area (Å²) in [6, 6.07) is 0.432. The molecule has 3 nitrogen and oxygen atoms in total. The van der Waals surface area contributed by atoms with E-state index in [-0.39, 0.29) is 0 Å². The minimum Gasteiger partial charge on any atom is -0.480 e. The molecule has 0 aliphatic carbocycles. The lowest BCUT2D eigenvalue weighted by Crippen LogP contribution is -2.54. The minimum atomic E-state index is -0.709. The van der Waals surface area contributed by atoms with Crippen LogP contribution in [-0.2, 0) is 4.79 Å². The number of likely N-dealkylation sites (N-methyl/N-ethyl adjacent to an activating group) is 1. The van der Waals surface area contributed by atoms with Gasteiger partial charge in [0.1, 0.15) is 5.54 Å². The summed E-state index contributed by atoms with van der Waals surface area (Å²) in [7, 11) is 1.94. The van der Waals surface area contributed by atoms with Gasteiger partial charge in [-0.25, -0.2) is 0 Å². The number of hydrogen-bond donors (Lipinski definition) is 1. The molecule has 2 unspecified atom stereocenters. The molecule has 0 bridgehead atoms. The Morgan fingerprint density at radius 3 is 2.71 bits per heavy atom. The van der Waals surface area contributed by atoms with E-state index >= 15 is 0 Å². The van der Waals surface area contributed by atoms with Crippen molar-refractivity contribution in [3.8, 4) is 0 Å². The predicted molar refractivity (Wildman–Crippen MR) is 59.8 cm³/mol. The third-order valence-electron chi connectivity index (χ3n) is 3.38. The van der Waals surface area contributed by atoms with E-state index in [4.69, 9.17) is 0 Å². The van der Waals surface area contributed by atoms with Gasteiger partial charge >= 0.3 is 5.97 Å². The number of aliphatic carboxylic acids is 1. The first-order chi connectivity index (χ1) is 6.52. The SMILES string of the molecule is CCC(C)(C(=O)O)N(C)C1CCSC1. The van der Waals surface area contributed by atoms with Crippen molar-refractivity contribution in [3.63, 3.8) is 0 Å². The molecule has 14 heavy (non-hydrogen) atoms. The molecule has 1 heterocycles. The summed E-state index contributed by atoms with van der Waals surface area (Å²) in [5.74, 6) is 1.52. The van der Waals surface area contributed by atoms with Crippen LogP contribution in [0, 0.1) is 0 Å². The van der Waals surface area contributed by atoms with Crippen molar-refractivity contribution >= 4 is 17.7 Å². The van der Waals surface area contributed by atoms with Gasteiger partial charge < -0.3 is 5.11 Å². The highest BCUT2D eigenvalue weighted by molar-refractivity contribution is 7.99. The van der Waals surface area contributed by atoms with Crippen molar-refractivity contribution in [1.29, 1.82) is 0 Å². The van der Waals surface area contributed by atoms with Crippen LogP contribution in [0.3, 0.4) is 0 Å². The minimum absolute atomic E-state index is 0.432. The number of hydrogen-bond acceptors (Lipinski definition) is 3. The first-order valence-electron chi connectivity index (χ1n) is 5.06. The topological polar surface area (TPSA) is 40.5 Å². The first kappa shape index (κ1) is 11.9. The van der Waals surface area contributed by atoms with Crippen LogP contribution in [0.4, 0.5) is 0 Å². The van der Waals surface area contributed by atoms with Crippen LogP contribution in [0.1, 0.15) is 26.7 Å². The third-order valence-corrected chi connectivity index (χ3v) is 4.53. The van der Waals surface area contributed by atoms with Crippen LogP contribution in [0.15, 0.2) is 0 Å². The molecule has 0 aromatic carbocycles. The molecule has 0 radical (unpaired) electrons. The average Bonchev–Trinajstić information content (AvgIpc) is 2.67. The van der Waals surface area contributed by atoms with E-state index in [1.807, 2.05) is 37.6 Å². The largest absolute Gasteiger partial charge is 0.480 e. The van der Waals surface area contributed by atoms with Crippen LogP contribution in [0.2, 0.25) is 0 Å². The zero-order valence-electron chi connectivity index (χ0n) is 9.12. The quantitative estimate of drug-likeness (QED) is 0.778. The molecule has 0 aromatic heterocycles.